The van der Waals surface area contributed by atoms with E-state index in [4.69, 9.17) is 5.11 Å². The maximum atomic E-state index is 12.2. The Morgan fingerprint density at radius 2 is 2.11 bits per heavy atom. The fraction of sp³-hybridized carbons (Fsp3) is 0.615. The van der Waals surface area contributed by atoms with Crippen molar-refractivity contribution in [2.24, 2.45) is 5.92 Å². The lowest BCUT2D eigenvalue weighted by molar-refractivity contribution is -0.141. The second-order valence-corrected chi connectivity index (χ2v) is 5.92. The van der Waals surface area contributed by atoms with Crippen molar-refractivity contribution >= 4 is 11.9 Å². The Balaban J connectivity index is 2.09. The molecule has 0 unspecified atom stereocenters. The van der Waals surface area contributed by atoms with Gasteiger partial charge < -0.3 is 10.0 Å². The van der Waals surface area contributed by atoms with Crippen molar-refractivity contribution in [3.63, 3.8) is 0 Å². The van der Waals surface area contributed by atoms with E-state index in [1.54, 1.807) is 22.0 Å². The molecule has 0 radical (unpaired) electrons. The van der Waals surface area contributed by atoms with Gasteiger partial charge in [0.1, 0.15) is 0 Å². The van der Waals surface area contributed by atoms with Crippen molar-refractivity contribution in [3.05, 3.63) is 18.0 Å². The number of carboxylic acid groups (broad SMARTS) is 1. The molecular weight excluding hydrogens is 246 g/mol. The van der Waals surface area contributed by atoms with Crippen LogP contribution in [0, 0.1) is 5.92 Å². The molecule has 1 fully saturated rings. The molecule has 0 spiro atoms. The maximum Gasteiger partial charge on any atom is 0.308 e. The Kier molecular flexibility index (Phi) is 3.34. The molecule has 0 aromatic carbocycles. The molecule has 0 saturated carbocycles. The van der Waals surface area contributed by atoms with Crippen LogP contribution in [0.3, 0.4) is 0 Å². The first kappa shape index (κ1) is 13.6. The average Bonchev–Trinajstić information content (AvgIpc) is 2.97. The molecule has 2 heterocycles. The molecule has 1 atom stereocenters. The third-order valence-corrected chi connectivity index (χ3v) is 3.34. The number of nitrogens with zero attached hydrogens (tertiary/aromatic N) is 3. The summed E-state index contributed by atoms with van der Waals surface area (Å²) in [4.78, 5) is 24.7. The fourth-order valence-corrected chi connectivity index (χ4v) is 2.13. The number of carboxylic acids is 1. The van der Waals surface area contributed by atoms with Crippen LogP contribution in [0.4, 0.5) is 0 Å². The summed E-state index contributed by atoms with van der Waals surface area (Å²) in [6, 6.07) is 0. The van der Waals surface area contributed by atoms with Crippen LogP contribution in [0.2, 0.25) is 0 Å². The first-order chi connectivity index (χ1) is 8.79. The Morgan fingerprint density at radius 3 is 2.58 bits per heavy atom. The molecule has 0 bridgehead atoms. The zero-order chi connectivity index (χ0) is 14.2. The number of aliphatic carboxylic acids is 1. The van der Waals surface area contributed by atoms with Gasteiger partial charge in [0.05, 0.1) is 23.2 Å². The van der Waals surface area contributed by atoms with Crippen LogP contribution in [-0.2, 0) is 10.3 Å². The summed E-state index contributed by atoms with van der Waals surface area (Å²) in [5, 5.41) is 13.1. The largest absolute Gasteiger partial charge is 0.481 e. The first-order valence-electron chi connectivity index (χ1n) is 6.36. The maximum absolute atomic E-state index is 12.2. The summed E-state index contributed by atoms with van der Waals surface area (Å²) in [6.45, 7) is 6.80. The topological polar surface area (TPSA) is 75.4 Å². The minimum atomic E-state index is -0.833. The zero-order valence-corrected chi connectivity index (χ0v) is 11.5. The van der Waals surface area contributed by atoms with Crippen molar-refractivity contribution in [2.45, 2.75) is 32.7 Å². The quantitative estimate of drug-likeness (QED) is 0.871. The van der Waals surface area contributed by atoms with Gasteiger partial charge in [-0.25, -0.2) is 0 Å². The Labute approximate surface area is 112 Å². The monoisotopic (exact) mass is 265 g/mol. The molecule has 19 heavy (non-hydrogen) atoms. The molecule has 1 aromatic rings. The van der Waals surface area contributed by atoms with Gasteiger partial charge >= 0.3 is 5.97 Å². The Morgan fingerprint density at radius 1 is 1.42 bits per heavy atom. The molecule has 0 aliphatic carbocycles. The van der Waals surface area contributed by atoms with Crippen LogP contribution in [0.25, 0.3) is 0 Å². The van der Waals surface area contributed by atoms with Crippen LogP contribution in [-0.4, -0.2) is 44.8 Å². The van der Waals surface area contributed by atoms with Crippen molar-refractivity contribution in [1.82, 2.24) is 14.7 Å². The van der Waals surface area contributed by atoms with E-state index in [9.17, 15) is 9.59 Å². The Bertz CT molecular complexity index is 501. The van der Waals surface area contributed by atoms with Crippen molar-refractivity contribution in [2.75, 3.05) is 13.1 Å². The van der Waals surface area contributed by atoms with E-state index >= 15 is 0 Å². The van der Waals surface area contributed by atoms with E-state index in [2.05, 4.69) is 5.10 Å². The van der Waals surface area contributed by atoms with Crippen LogP contribution in [0.15, 0.2) is 12.4 Å². The predicted molar refractivity (Wildman–Crippen MR) is 68.9 cm³/mol. The molecule has 2 rings (SSSR count). The predicted octanol–water partition coefficient (Wildman–Crippen LogP) is 1.18. The highest BCUT2D eigenvalue weighted by Gasteiger charge is 2.32. The second-order valence-electron chi connectivity index (χ2n) is 5.92. The Hall–Kier alpha value is -1.85. The highest BCUT2D eigenvalue weighted by atomic mass is 16.4. The van der Waals surface area contributed by atoms with Gasteiger partial charge in [0, 0.05) is 19.3 Å². The molecule has 1 amide bonds. The summed E-state index contributed by atoms with van der Waals surface area (Å²) in [7, 11) is 0. The normalized spacial score (nSPS) is 19.7. The first-order valence-corrected chi connectivity index (χ1v) is 6.36. The summed E-state index contributed by atoms with van der Waals surface area (Å²) < 4.78 is 1.74. The molecule has 1 aliphatic heterocycles. The number of rotatable bonds is 2. The van der Waals surface area contributed by atoms with Gasteiger partial charge in [-0.15, -0.1) is 0 Å². The molecule has 6 heteroatoms. The minimum absolute atomic E-state index is 0.140. The van der Waals surface area contributed by atoms with Gasteiger partial charge in [-0.2, -0.15) is 5.10 Å². The third kappa shape index (κ3) is 2.77. The van der Waals surface area contributed by atoms with E-state index in [-0.39, 0.29) is 18.0 Å². The number of amides is 1. The highest BCUT2D eigenvalue weighted by Crippen LogP contribution is 2.20. The summed E-state index contributed by atoms with van der Waals surface area (Å²) in [5.74, 6) is -1.42. The summed E-state index contributed by atoms with van der Waals surface area (Å²) >= 11 is 0. The molecule has 1 aromatic heterocycles. The number of carbonyl (C=O) groups excluding carboxylic acids is 1. The molecule has 1 saturated heterocycles. The fourth-order valence-electron chi connectivity index (χ4n) is 2.13. The van der Waals surface area contributed by atoms with E-state index in [0.717, 1.165) is 0 Å². The van der Waals surface area contributed by atoms with Gasteiger partial charge in [-0.1, -0.05) is 0 Å². The van der Waals surface area contributed by atoms with E-state index in [1.807, 2.05) is 20.8 Å². The van der Waals surface area contributed by atoms with Gasteiger partial charge in [0.25, 0.3) is 5.91 Å². The smallest absolute Gasteiger partial charge is 0.308 e. The van der Waals surface area contributed by atoms with E-state index < -0.39 is 11.9 Å². The third-order valence-electron chi connectivity index (χ3n) is 3.34. The number of hydrogen-bond acceptors (Lipinski definition) is 3. The highest BCUT2D eigenvalue weighted by molar-refractivity contribution is 5.94. The molecule has 1 N–H and O–H groups in total. The minimum Gasteiger partial charge on any atom is -0.481 e. The number of likely N-dealkylation sites (tertiary alicyclic amines) is 1. The van der Waals surface area contributed by atoms with Gasteiger partial charge in [-0.05, 0) is 27.2 Å². The molecule has 6 nitrogen and oxygen atoms in total. The second kappa shape index (κ2) is 4.68. The van der Waals surface area contributed by atoms with E-state index in [1.165, 1.54) is 0 Å². The summed E-state index contributed by atoms with van der Waals surface area (Å²) in [6.07, 6.45) is 3.78. The van der Waals surface area contributed by atoms with Crippen molar-refractivity contribution < 1.29 is 14.7 Å². The SMILES string of the molecule is CC(C)(C)n1cc(C(=O)N2CC[C@H](C(=O)O)C2)cn1. The van der Waals surface area contributed by atoms with Crippen LogP contribution >= 0.6 is 0 Å². The van der Waals surface area contributed by atoms with Crippen LogP contribution in [0.1, 0.15) is 37.6 Å². The zero-order valence-electron chi connectivity index (χ0n) is 11.5. The van der Waals surface area contributed by atoms with Crippen molar-refractivity contribution in [3.8, 4) is 0 Å². The average molecular weight is 265 g/mol. The molecule has 1 aliphatic rings. The standard InChI is InChI=1S/C13H19N3O3/c1-13(2,3)16-8-10(6-14-16)11(17)15-5-4-9(7-15)12(18)19/h6,8-9H,4-5,7H2,1-3H3,(H,18,19)/t9-/m0/s1. The number of aromatic nitrogens is 2. The lowest BCUT2D eigenvalue weighted by Gasteiger charge is -2.19. The lowest BCUT2D eigenvalue weighted by Crippen LogP contribution is -2.30. The molecular formula is C13H19N3O3. The van der Waals surface area contributed by atoms with Gasteiger partial charge in [0.2, 0.25) is 0 Å². The van der Waals surface area contributed by atoms with Gasteiger partial charge in [-0.3, -0.25) is 14.3 Å². The van der Waals surface area contributed by atoms with E-state index in [0.29, 0.717) is 18.5 Å². The van der Waals surface area contributed by atoms with Crippen molar-refractivity contribution in [1.29, 1.82) is 0 Å². The number of hydrogen-bond donors (Lipinski definition) is 1. The molecule has 104 valence electrons. The summed E-state index contributed by atoms with van der Waals surface area (Å²) in [5.41, 5.74) is 0.341. The van der Waals surface area contributed by atoms with Crippen LogP contribution in [0.5, 0.6) is 0 Å². The van der Waals surface area contributed by atoms with Crippen LogP contribution < -0.4 is 0 Å². The number of carbonyl (C=O) groups is 2. The van der Waals surface area contributed by atoms with Gasteiger partial charge in [0.15, 0.2) is 0 Å². The lowest BCUT2D eigenvalue weighted by atomic mass is 10.1.